The average Bonchev–Trinajstić information content (AvgIpc) is 2.92. The third-order valence-electron chi connectivity index (χ3n) is 5.34. The fourth-order valence-electron chi connectivity index (χ4n) is 4.41. The highest BCUT2D eigenvalue weighted by Crippen LogP contribution is 2.45. The molecule has 0 amide bonds. The molecule has 0 unspecified atom stereocenters. The molecule has 0 aromatic heterocycles. The number of rotatable bonds is 2. The Labute approximate surface area is 118 Å². The minimum Gasteiger partial charge on any atom is -0.508 e. The molecule has 3 N–H and O–H groups in total. The summed E-state index contributed by atoms with van der Waals surface area (Å²) >= 11 is 0. The summed E-state index contributed by atoms with van der Waals surface area (Å²) in [5.74, 6) is 0.222. The van der Waals surface area contributed by atoms with Gasteiger partial charge in [0.15, 0.2) is 6.04 Å². The van der Waals surface area contributed by atoms with Crippen LogP contribution in [0.4, 0.5) is 0 Å². The van der Waals surface area contributed by atoms with Crippen molar-refractivity contribution >= 4 is 0 Å². The van der Waals surface area contributed by atoms with Crippen LogP contribution in [-0.2, 0) is 9.57 Å². The summed E-state index contributed by atoms with van der Waals surface area (Å²) in [5.41, 5.74) is 4.04. The van der Waals surface area contributed by atoms with Crippen LogP contribution in [0.3, 0.4) is 0 Å². The first-order chi connectivity index (χ1) is 9.76. The van der Waals surface area contributed by atoms with Gasteiger partial charge in [-0.2, -0.15) is 5.48 Å². The normalized spacial score (nSPS) is 42.6. The van der Waals surface area contributed by atoms with Crippen LogP contribution < -0.4 is 10.4 Å². The van der Waals surface area contributed by atoms with Gasteiger partial charge in [-0.3, -0.25) is 4.84 Å². The number of ether oxygens (including phenoxy) is 1. The second-order valence-corrected chi connectivity index (χ2v) is 6.09. The van der Waals surface area contributed by atoms with Crippen LogP contribution in [0.1, 0.15) is 24.4 Å². The summed E-state index contributed by atoms with van der Waals surface area (Å²) in [6.07, 6.45) is 2.30. The Morgan fingerprint density at radius 1 is 1.35 bits per heavy atom. The number of fused-ring (bicyclic) bond motifs is 2. The van der Waals surface area contributed by atoms with E-state index in [1.807, 2.05) is 18.2 Å². The van der Waals surface area contributed by atoms with E-state index in [1.54, 1.807) is 13.2 Å². The van der Waals surface area contributed by atoms with E-state index < -0.39 is 5.79 Å². The summed E-state index contributed by atoms with van der Waals surface area (Å²) in [4.78, 5) is 7.47. The molecule has 108 valence electrons. The highest BCUT2D eigenvalue weighted by molar-refractivity contribution is 5.36. The van der Waals surface area contributed by atoms with Gasteiger partial charge in [-0.15, -0.1) is 0 Å². The first-order valence-corrected chi connectivity index (χ1v) is 7.37. The highest BCUT2D eigenvalue weighted by atomic mass is 16.8. The van der Waals surface area contributed by atoms with Gasteiger partial charge in [0.05, 0.1) is 13.1 Å². The third kappa shape index (κ3) is 1.52. The van der Waals surface area contributed by atoms with Gasteiger partial charge in [-0.05, 0) is 6.07 Å². The standard InChI is InChI=1S/C15H20N2O3/c1-19-15-10-6-8-17(9-7-10)14(15)13(16-20-15)11-4-2-3-5-12(11)18/h2-5,10,13-14,16,18H,6-9H2,1H3/p+1/t13-,14+,15+/m1/s1. The lowest BCUT2D eigenvalue weighted by Gasteiger charge is -2.50. The SMILES string of the molecule is CO[C@@]12ON[C@H](c3ccccc3O)[C@@H]1[NH+]1CCC2CC1. The summed E-state index contributed by atoms with van der Waals surface area (Å²) in [6, 6.07) is 7.68. The van der Waals surface area contributed by atoms with Crippen molar-refractivity contribution in [3.05, 3.63) is 29.8 Å². The number of quaternary nitrogens is 1. The number of phenolic OH excluding ortho intramolecular Hbond substituents is 1. The Balaban J connectivity index is 1.76. The molecule has 0 radical (unpaired) electrons. The number of hydroxylamine groups is 1. The average molecular weight is 277 g/mol. The van der Waals surface area contributed by atoms with Gasteiger partial charge in [0.2, 0.25) is 5.79 Å². The first kappa shape index (κ1) is 12.6. The number of phenols is 1. The fourth-order valence-corrected chi connectivity index (χ4v) is 4.41. The third-order valence-corrected chi connectivity index (χ3v) is 5.34. The minimum absolute atomic E-state index is 0.0192. The van der Waals surface area contributed by atoms with Gasteiger partial charge < -0.3 is 14.7 Å². The highest BCUT2D eigenvalue weighted by Gasteiger charge is 2.66. The van der Waals surface area contributed by atoms with E-state index in [9.17, 15) is 5.11 Å². The number of methoxy groups -OCH3 is 1. The maximum absolute atomic E-state index is 10.1. The van der Waals surface area contributed by atoms with Crippen LogP contribution in [-0.4, -0.2) is 37.1 Å². The molecule has 0 saturated carbocycles. The van der Waals surface area contributed by atoms with E-state index in [0.717, 1.165) is 31.5 Å². The van der Waals surface area contributed by atoms with E-state index in [2.05, 4.69) is 5.48 Å². The molecule has 20 heavy (non-hydrogen) atoms. The molecule has 3 atom stereocenters. The maximum atomic E-state index is 10.1. The molecule has 1 aromatic rings. The van der Waals surface area contributed by atoms with Gasteiger partial charge in [0.1, 0.15) is 11.8 Å². The molecule has 2 bridgehead atoms. The molecule has 4 aliphatic rings. The molecule has 4 saturated heterocycles. The van der Waals surface area contributed by atoms with Gasteiger partial charge >= 0.3 is 0 Å². The lowest BCUT2D eigenvalue weighted by Crippen LogP contribution is -3.21. The van der Waals surface area contributed by atoms with Crippen LogP contribution in [0, 0.1) is 5.92 Å². The molecule has 5 rings (SSSR count). The molecule has 4 fully saturated rings. The molecule has 1 aromatic carbocycles. The molecule has 5 nitrogen and oxygen atoms in total. The molecular formula is C15H21N2O3+. The quantitative estimate of drug-likeness (QED) is 0.711. The van der Waals surface area contributed by atoms with Crippen LogP contribution in [0.5, 0.6) is 5.75 Å². The number of aromatic hydroxyl groups is 1. The summed E-state index contributed by atoms with van der Waals surface area (Å²) in [6.45, 7) is 2.32. The molecule has 0 aliphatic carbocycles. The number of piperidine rings is 3. The Morgan fingerprint density at radius 3 is 2.80 bits per heavy atom. The number of nitrogens with one attached hydrogen (secondary N) is 2. The largest absolute Gasteiger partial charge is 0.508 e. The predicted octanol–water partition coefficient (Wildman–Crippen LogP) is -0.0121. The zero-order valence-electron chi connectivity index (χ0n) is 11.6. The predicted molar refractivity (Wildman–Crippen MR) is 72.0 cm³/mol. The van der Waals surface area contributed by atoms with Crippen molar-refractivity contribution in [3.8, 4) is 5.75 Å². The molecule has 0 spiro atoms. The van der Waals surface area contributed by atoms with Gasteiger partial charge in [-0.25, -0.2) is 0 Å². The van der Waals surface area contributed by atoms with Gasteiger partial charge in [0.25, 0.3) is 0 Å². The minimum atomic E-state index is -0.543. The second kappa shape index (κ2) is 4.43. The first-order valence-electron chi connectivity index (χ1n) is 7.37. The van der Waals surface area contributed by atoms with Crippen LogP contribution in [0.25, 0.3) is 0 Å². The summed E-state index contributed by atoms with van der Waals surface area (Å²) < 4.78 is 5.84. The van der Waals surface area contributed by atoms with Crippen LogP contribution >= 0.6 is 0 Å². The van der Waals surface area contributed by atoms with E-state index in [-0.39, 0.29) is 12.1 Å². The van der Waals surface area contributed by atoms with Crippen LogP contribution in [0.15, 0.2) is 24.3 Å². The topological polar surface area (TPSA) is 55.2 Å². The van der Waals surface area contributed by atoms with Crippen LogP contribution in [0.2, 0.25) is 0 Å². The van der Waals surface area contributed by atoms with Gasteiger partial charge in [0, 0.05) is 31.4 Å². The monoisotopic (exact) mass is 277 g/mol. The molecule has 5 heteroatoms. The number of para-hydroxylation sites is 1. The lowest BCUT2D eigenvalue weighted by molar-refractivity contribution is -0.955. The summed E-state index contributed by atoms with van der Waals surface area (Å²) in [7, 11) is 1.74. The maximum Gasteiger partial charge on any atom is 0.244 e. The zero-order valence-corrected chi connectivity index (χ0v) is 11.6. The van der Waals surface area contributed by atoms with Gasteiger partial charge in [-0.1, -0.05) is 18.2 Å². The van der Waals surface area contributed by atoms with E-state index in [4.69, 9.17) is 9.57 Å². The van der Waals surface area contributed by atoms with Crippen molar-refractivity contribution in [1.29, 1.82) is 0 Å². The molecule has 4 aliphatic heterocycles. The Kier molecular flexibility index (Phi) is 2.79. The van der Waals surface area contributed by atoms with E-state index in [1.165, 1.54) is 4.90 Å². The Morgan fingerprint density at radius 2 is 2.10 bits per heavy atom. The van der Waals surface area contributed by atoms with Crippen molar-refractivity contribution in [2.75, 3.05) is 20.2 Å². The number of hydrogen-bond acceptors (Lipinski definition) is 4. The Hall–Kier alpha value is -1.14. The van der Waals surface area contributed by atoms with Crippen molar-refractivity contribution in [2.45, 2.75) is 30.7 Å². The number of benzene rings is 1. The molecule has 4 heterocycles. The Bertz CT molecular complexity index is 516. The summed E-state index contributed by atoms with van der Waals surface area (Å²) in [5, 5.41) is 10.1. The lowest BCUT2D eigenvalue weighted by atomic mass is 9.74. The fraction of sp³-hybridized carbons (Fsp3) is 0.600. The van der Waals surface area contributed by atoms with Crippen molar-refractivity contribution in [1.82, 2.24) is 5.48 Å². The smallest absolute Gasteiger partial charge is 0.244 e. The van der Waals surface area contributed by atoms with E-state index >= 15 is 0 Å². The van der Waals surface area contributed by atoms with Crippen molar-refractivity contribution in [2.24, 2.45) is 5.92 Å². The zero-order chi connectivity index (χ0) is 13.7. The second-order valence-electron chi connectivity index (χ2n) is 6.09. The van der Waals surface area contributed by atoms with Crippen molar-refractivity contribution in [3.63, 3.8) is 0 Å². The van der Waals surface area contributed by atoms with E-state index in [0.29, 0.717) is 11.7 Å². The van der Waals surface area contributed by atoms with Crippen molar-refractivity contribution < 1.29 is 19.6 Å². The molecular weight excluding hydrogens is 256 g/mol. The number of hydrogen-bond donors (Lipinski definition) is 3.